The summed E-state index contributed by atoms with van der Waals surface area (Å²) in [5.41, 5.74) is -1.47. The molecule has 0 spiro atoms. The maximum absolute atomic E-state index is 15.3. The Morgan fingerprint density at radius 3 is 2.06 bits per heavy atom. The molecule has 2 fully saturated rings. The zero-order valence-corrected chi connectivity index (χ0v) is 19.0. The molecule has 0 atom stereocenters. The lowest BCUT2D eigenvalue weighted by Crippen LogP contribution is -2.31. The lowest BCUT2D eigenvalue weighted by atomic mass is 9.73. The van der Waals surface area contributed by atoms with Crippen LogP contribution in [0, 0.1) is 24.6 Å². The van der Waals surface area contributed by atoms with Gasteiger partial charge in [-0.25, -0.2) is 13.2 Å². The summed E-state index contributed by atoms with van der Waals surface area (Å²) in [5, 5.41) is 0. The van der Waals surface area contributed by atoms with Crippen LogP contribution in [0.15, 0.2) is 12.1 Å². The van der Waals surface area contributed by atoms with E-state index < -0.39 is 29.3 Å². The first-order valence-corrected chi connectivity index (χ1v) is 11.8. The maximum Gasteiger partial charge on any atom is 0.573 e. The molecule has 32 heavy (non-hydrogen) atoms. The molecule has 0 aromatic heterocycles. The van der Waals surface area contributed by atoms with Gasteiger partial charge in [-0.1, -0.05) is 6.07 Å². The number of hydrogen-bond donors (Lipinski definition) is 0. The second-order valence-corrected chi connectivity index (χ2v) is 10.3. The smallest absolute Gasteiger partial charge is 0.402 e. The number of aryl methyl sites for hydroxylation is 2. The van der Waals surface area contributed by atoms with E-state index in [1.165, 1.54) is 13.0 Å². The largest absolute Gasteiger partial charge is 0.573 e. The Hall–Kier alpha value is -1.40. The predicted molar refractivity (Wildman–Crippen MR) is 113 cm³/mol. The highest BCUT2D eigenvalue weighted by Gasteiger charge is 2.37. The molecule has 1 aromatic carbocycles. The Balaban J connectivity index is 1.43. The molecule has 0 radical (unpaired) electrons. The van der Waals surface area contributed by atoms with Gasteiger partial charge >= 0.3 is 6.36 Å². The zero-order valence-electron chi connectivity index (χ0n) is 19.0. The van der Waals surface area contributed by atoms with Crippen LogP contribution in [0.4, 0.5) is 26.3 Å². The van der Waals surface area contributed by atoms with Crippen molar-refractivity contribution in [3.8, 4) is 5.75 Å². The molecule has 2 saturated carbocycles. The normalized spacial score (nSPS) is 31.5. The summed E-state index contributed by atoms with van der Waals surface area (Å²) in [6.45, 7) is 3.05. The lowest BCUT2D eigenvalue weighted by Gasteiger charge is -2.36. The summed E-state index contributed by atoms with van der Waals surface area (Å²) in [7, 11) is 0. The highest BCUT2D eigenvalue weighted by Crippen LogP contribution is 2.43. The van der Waals surface area contributed by atoms with E-state index in [1.807, 2.05) is 0 Å². The third kappa shape index (κ3) is 7.31. The van der Waals surface area contributed by atoms with Crippen molar-refractivity contribution in [2.45, 2.75) is 109 Å². The third-order valence-electron chi connectivity index (χ3n) is 7.50. The molecule has 0 bridgehead atoms. The van der Waals surface area contributed by atoms with Crippen LogP contribution in [0.3, 0.4) is 0 Å². The zero-order chi connectivity index (χ0) is 23.6. The van der Waals surface area contributed by atoms with Crippen molar-refractivity contribution in [2.24, 2.45) is 11.8 Å². The highest BCUT2D eigenvalue weighted by molar-refractivity contribution is 5.38. The molecular formula is C25H34F6O. The SMILES string of the molecule is Cc1cc(CCC2CCC(F)(CCC3CCC(C)(F)CC3)CC2)cc(F)c1OC(F)(F)F. The molecule has 0 N–H and O–H groups in total. The monoisotopic (exact) mass is 464 g/mol. The fourth-order valence-corrected chi connectivity index (χ4v) is 5.33. The molecule has 7 heteroatoms. The molecule has 0 saturated heterocycles. The Labute approximate surface area is 186 Å². The Bertz CT molecular complexity index is 731. The van der Waals surface area contributed by atoms with Crippen molar-refractivity contribution in [1.82, 2.24) is 0 Å². The van der Waals surface area contributed by atoms with E-state index in [2.05, 4.69) is 4.74 Å². The Morgan fingerprint density at radius 1 is 0.938 bits per heavy atom. The first-order chi connectivity index (χ1) is 14.8. The number of ether oxygens (including phenoxy) is 1. The van der Waals surface area contributed by atoms with Crippen LogP contribution in [-0.4, -0.2) is 17.7 Å². The molecule has 0 unspecified atom stereocenters. The van der Waals surface area contributed by atoms with Gasteiger partial charge in [0.2, 0.25) is 0 Å². The lowest BCUT2D eigenvalue weighted by molar-refractivity contribution is -0.275. The predicted octanol–water partition coefficient (Wildman–Crippen LogP) is 8.56. The van der Waals surface area contributed by atoms with Gasteiger partial charge in [0.25, 0.3) is 0 Å². The van der Waals surface area contributed by atoms with Gasteiger partial charge in [0, 0.05) is 0 Å². The average molecular weight is 465 g/mol. The van der Waals surface area contributed by atoms with Crippen LogP contribution in [0.1, 0.15) is 88.7 Å². The minimum Gasteiger partial charge on any atom is -0.402 e. The van der Waals surface area contributed by atoms with Crippen LogP contribution < -0.4 is 4.74 Å². The van der Waals surface area contributed by atoms with E-state index in [4.69, 9.17) is 0 Å². The van der Waals surface area contributed by atoms with Gasteiger partial charge in [0.1, 0.15) is 11.3 Å². The summed E-state index contributed by atoms with van der Waals surface area (Å²) in [4.78, 5) is 0. The Kier molecular flexibility index (Phi) is 7.76. The van der Waals surface area contributed by atoms with Crippen LogP contribution in [0.2, 0.25) is 0 Å². The minimum absolute atomic E-state index is 0.111. The Morgan fingerprint density at radius 2 is 1.50 bits per heavy atom. The van der Waals surface area contributed by atoms with Gasteiger partial charge in [0.15, 0.2) is 11.6 Å². The molecule has 0 aliphatic heterocycles. The van der Waals surface area contributed by atoms with E-state index in [1.54, 1.807) is 6.92 Å². The van der Waals surface area contributed by atoms with Crippen molar-refractivity contribution in [2.75, 3.05) is 0 Å². The number of halogens is 6. The highest BCUT2D eigenvalue weighted by atomic mass is 19.4. The molecule has 1 aromatic rings. The summed E-state index contributed by atoms with van der Waals surface area (Å²) in [6, 6.07) is 2.63. The third-order valence-corrected chi connectivity index (χ3v) is 7.50. The molecule has 182 valence electrons. The van der Waals surface area contributed by atoms with Crippen molar-refractivity contribution in [3.05, 3.63) is 29.1 Å². The van der Waals surface area contributed by atoms with Crippen LogP contribution in [0.5, 0.6) is 5.75 Å². The number of rotatable bonds is 7. The first-order valence-electron chi connectivity index (χ1n) is 11.8. The first kappa shape index (κ1) is 25.2. The fourth-order valence-electron chi connectivity index (χ4n) is 5.33. The summed E-state index contributed by atoms with van der Waals surface area (Å²) in [6.07, 6.45) is 3.10. The van der Waals surface area contributed by atoms with Crippen LogP contribution in [0.25, 0.3) is 0 Å². The van der Waals surface area contributed by atoms with Gasteiger partial charge in [0.05, 0.1) is 0 Å². The van der Waals surface area contributed by atoms with Crippen LogP contribution in [-0.2, 0) is 6.42 Å². The summed E-state index contributed by atoms with van der Waals surface area (Å²) >= 11 is 0. The second-order valence-electron chi connectivity index (χ2n) is 10.3. The van der Waals surface area contributed by atoms with E-state index in [9.17, 15) is 22.0 Å². The number of alkyl halides is 5. The number of hydrogen-bond acceptors (Lipinski definition) is 1. The van der Waals surface area contributed by atoms with Gasteiger partial charge in [-0.2, -0.15) is 0 Å². The van der Waals surface area contributed by atoms with Gasteiger partial charge < -0.3 is 4.74 Å². The average Bonchev–Trinajstić information content (AvgIpc) is 2.69. The van der Waals surface area contributed by atoms with E-state index in [-0.39, 0.29) is 5.56 Å². The van der Waals surface area contributed by atoms with Gasteiger partial charge in [-0.15, -0.1) is 13.2 Å². The van der Waals surface area contributed by atoms with Gasteiger partial charge in [-0.05, 0) is 120 Å². The standard InChI is InChI=1S/C25H34F6O/c1-17-15-20(16-21(26)22(17)32-25(29,30)31)4-3-18-7-12-24(28,13-8-18)14-9-19-5-10-23(2,27)11-6-19/h15-16,18-19H,3-14H2,1-2H3. The summed E-state index contributed by atoms with van der Waals surface area (Å²) in [5.74, 6) is -1.04. The minimum atomic E-state index is -4.93. The molecule has 0 heterocycles. The fraction of sp³-hybridized carbons (Fsp3) is 0.760. The molecule has 2 aliphatic carbocycles. The van der Waals surface area contributed by atoms with E-state index >= 15 is 4.39 Å². The van der Waals surface area contributed by atoms with Crippen molar-refractivity contribution >= 4 is 0 Å². The van der Waals surface area contributed by atoms with E-state index in [0.29, 0.717) is 55.9 Å². The number of benzene rings is 1. The summed E-state index contributed by atoms with van der Waals surface area (Å²) < 4.78 is 84.3. The molecule has 0 amide bonds. The van der Waals surface area contributed by atoms with Crippen molar-refractivity contribution in [1.29, 1.82) is 0 Å². The maximum atomic E-state index is 15.3. The molecule has 1 nitrogen and oxygen atoms in total. The van der Waals surface area contributed by atoms with Crippen molar-refractivity contribution in [3.63, 3.8) is 0 Å². The van der Waals surface area contributed by atoms with E-state index in [0.717, 1.165) is 44.6 Å². The molecule has 2 aliphatic rings. The van der Waals surface area contributed by atoms with Crippen molar-refractivity contribution < 1.29 is 31.1 Å². The topological polar surface area (TPSA) is 9.23 Å². The molecule has 3 rings (SSSR count). The molecular weight excluding hydrogens is 430 g/mol. The van der Waals surface area contributed by atoms with Gasteiger partial charge in [-0.3, -0.25) is 0 Å². The second kappa shape index (κ2) is 9.84. The quantitative estimate of drug-likeness (QED) is 0.367. The van der Waals surface area contributed by atoms with Crippen LogP contribution >= 0.6 is 0 Å².